The topological polar surface area (TPSA) is 197 Å². The van der Waals surface area contributed by atoms with Crippen LogP contribution in [0.5, 0.6) is 0 Å². The van der Waals surface area contributed by atoms with Gasteiger partial charge in [0.05, 0.1) is 19.3 Å². The van der Waals surface area contributed by atoms with E-state index in [9.17, 15) is 27.4 Å². The van der Waals surface area contributed by atoms with Crippen LogP contribution in [0.2, 0.25) is 0 Å². The van der Waals surface area contributed by atoms with E-state index in [0.717, 1.165) is 0 Å². The van der Waals surface area contributed by atoms with Crippen LogP contribution in [0, 0.1) is 0 Å². The molecule has 13 nitrogen and oxygen atoms in total. The number of nitrogens with one attached hydrogen (secondary N) is 2. The highest BCUT2D eigenvalue weighted by Gasteiger charge is 2.74. The van der Waals surface area contributed by atoms with Gasteiger partial charge in [0, 0.05) is 31.0 Å². The summed E-state index contributed by atoms with van der Waals surface area (Å²) in [5, 5.41) is 5.23. The van der Waals surface area contributed by atoms with Crippen molar-refractivity contribution in [1.29, 1.82) is 0 Å². The molecule has 2 saturated heterocycles. The van der Waals surface area contributed by atoms with Crippen LogP contribution in [0.4, 0.5) is 16.2 Å². The Hall–Kier alpha value is -2.94. The van der Waals surface area contributed by atoms with E-state index in [1.807, 2.05) is 0 Å². The summed E-state index contributed by atoms with van der Waals surface area (Å²) in [5.74, 6) is -2.10. The average Bonchev–Trinajstić information content (AvgIpc) is 3.02. The number of fused-ring (bicyclic) bond motifs is 1. The highest BCUT2D eigenvalue weighted by Crippen LogP contribution is 2.47. The second kappa shape index (κ2) is 8.66. The minimum atomic E-state index is -4.80. The molecule has 2 aliphatic heterocycles. The van der Waals surface area contributed by atoms with Crippen LogP contribution in [-0.4, -0.2) is 79.6 Å². The number of nitrogens with two attached hydrogens (primary N) is 2. The fourth-order valence-corrected chi connectivity index (χ4v) is 4.86. The largest absolute Gasteiger partial charge is 0.378 e. The first-order chi connectivity index (χ1) is 14.6. The lowest BCUT2D eigenvalue weighted by molar-refractivity contribution is -0.153. The number of ether oxygens (including phenoxy) is 1. The molecule has 3 rings (SSSR count). The van der Waals surface area contributed by atoms with Crippen molar-refractivity contribution in [3.8, 4) is 0 Å². The summed E-state index contributed by atoms with van der Waals surface area (Å²) < 4.78 is 37.7. The molecular weight excluding hydrogens is 432 g/mol. The molecule has 2 fully saturated rings. The molecule has 31 heavy (non-hydrogen) atoms. The first-order valence-electron chi connectivity index (χ1n) is 9.45. The molecule has 0 saturated carbocycles. The number of carbonyl (C=O) groups excluding carboxylic acids is 3. The van der Waals surface area contributed by atoms with Gasteiger partial charge in [-0.05, 0) is 30.7 Å². The molecular formula is C17H24N6O7S. The van der Waals surface area contributed by atoms with Gasteiger partial charge >= 0.3 is 16.3 Å². The van der Waals surface area contributed by atoms with Crippen LogP contribution in [0.15, 0.2) is 24.3 Å². The maximum absolute atomic E-state index is 12.6. The molecule has 2 atom stereocenters. The third kappa shape index (κ3) is 4.01. The van der Waals surface area contributed by atoms with Crippen LogP contribution >= 0.6 is 0 Å². The predicted octanol–water partition coefficient (Wildman–Crippen LogP) is -1.77. The summed E-state index contributed by atoms with van der Waals surface area (Å²) in [7, 11) is -4.80. The van der Waals surface area contributed by atoms with Gasteiger partial charge in [-0.15, -0.1) is 0 Å². The van der Waals surface area contributed by atoms with Crippen molar-refractivity contribution >= 4 is 39.5 Å². The summed E-state index contributed by atoms with van der Waals surface area (Å²) >= 11 is 0. The Morgan fingerprint density at radius 3 is 2.52 bits per heavy atom. The molecule has 4 amide bonds. The van der Waals surface area contributed by atoms with Crippen molar-refractivity contribution < 1.29 is 32.1 Å². The molecule has 170 valence electrons. The summed E-state index contributed by atoms with van der Waals surface area (Å²) in [5.41, 5.74) is 9.78. The van der Waals surface area contributed by atoms with Crippen LogP contribution < -0.4 is 27.0 Å². The van der Waals surface area contributed by atoms with E-state index in [0.29, 0.717) is 37.7 Å². The third-order valence-electron chi connectivity index (χ3n) is 5.20. The molecule has 0 bridgehead atoms. The predicted molar refractivity (Wildman–Crippen MR) is 109 cm³/mol. The van der Waals surface area contributed by atoms with Crippen molar-refractivity contribution in [3.05, 3.63) is 24.3 Å². The van der Waals surface area contributed by atoms with Crippen LogP contribution in [0.1, 0.15) is 6.42 Å². The van der Waals surface area contributed by atoms with Gasteiger partial charge in [-0.3, -0.25) is 14.1 Å². The van der Waals surface area contributed by atoms with Gasteiger partial charge in [-0.2, -0.15) is 8.42 Å². The molecule has 14 heteroatoms. The Balaban J connectivity index is 1.68. The Morgan fingerprint density at radius 1 is 1.26 bits per heavy atom. The monoisotopic (exact) mass is 456 g/mol. The normalized spacial score (nSPS) is 22.6. The van der Waals surface area contributed by atoms with Crippen molar-refractivity contribution in [2.75, 3.05) is 43.1 Å². The van der Waals surface area contributed by atoms with E-state index < -0.39 is 39.7 Å². The van der Waals surface area contributed by atoms with Crippen molar-refractivity contribution in [1.82, 2.24) is 9.62 Å². The first-order valence-corrected chi connectivity index (χ1v) is 10.8. The number of hydrogen-bond acceptors (Lipinski definition) is 8. The number of primary amides is 1. The smallest absolute Gasteiger partial charge is 0.362 e. The summed E-state index contributed by atoms with van der Waals surface area (Å²) in [6.07, 6.45) is 0.128. The van der Waals surface area contributed by atoms with Crippen molar-refractivity contribution in [2.45, 2.75) is 18.0 Å². The summed E-state index contributed by atoms with van der Waals surface area (Å²) in [4.78, 5) is 38.1. The Morgan fingerprint density at radius 2 is 1.94 bits per heavy atom. The number of anilines is 2. The maximum Gasteiger partial charge on any atom is 0.362 e. The minimum Gasteiger partial charge on any atom is -0.378 e. The SMILES string of the molecule is NCCOCCNC(=O)Nc1ccc(N2CC[C@H]3N(S(=O)(=O)O)C(=O)[C@@]32C(N)=O)cc1. The van der Waals surface area contributed by atoms with E-state index in [1.54, 1.807) is 24.3 Å². The molecule has 0 aliphatic carbocycles. The molecule has 0 radical (unpaired) electrons. The van der Waals surface area contributed by atoms with Crippen LogP contribution in [-0.2, 0) is 24.6 Å². The number of hydrogen-bond donors (Lipinski definition) is 5. The number of β-lactam (4-membered cyclic amide) rings is 1. The molecule has 1 aromatic carbocycles. The number of carbonyl (C=O) groups is 3. The van der Waals surface area contributed by atoms with Gasteiger partial charge in [-0.25, -0.2) is 9.10 Å². The lowest BCUT2D eigenvalue weighted by Gasteiger charge is -2.51. The van der Waals surface area contributed by atoms with Crippen molar-refractivity contribution in [3.63, 3.8) is 0 Å². The standard InChI is InChI=1S/C17H24N6O7S/c18-6-9-30-10-7-20-16(26)21-11-1-3-12(4-2-11)22-8-5-13-17(22,14(19)24)15(25)23(13)31(27,28)29/h1-4,13H,5-10,18H2,(H2,19,24)(H2,20,21,26)(H,27,28,29)/t13-,17+/m1/s1. The number of amides is 4. The molecule has 2 aliphatic rings. The molecule has 0 spiro atoms. The van der Waals surface area contributed by atoms with E-state index in [-0.39, 0.29) is 17.3 Å². The zero-order valence-corrected chi connectivity index (χ0v) is 17.3. The molecule has 1 aromatic rings. The third-order valence-corrected chi connectivity index (χ3v) is 6.12. The quantitative estimate of drug-likeness (QED) is 0.123. The fourth-order valence-electron chi connectivity index (χ4n) is 3.93. The molecule has 0 aromatic heterocycles. The van der Waals surface area contributed by atoms with Gasteiger partial charge in [0.1, 0.15) is 0 Å². The van der Waals surface area contributed by atoms with Crippen molar-refractivity contribution in [2.24, 2.45) is 11.5 Å². The first kappa shape index (κ1) is 22.7. The Kier molecular flexibility index (Phi) is 6.35. The van der Waals surface area contributed by atoms with Gasteiger partial charge in [0.2, 0.25) is 5.54 Å². The zero-order valence-electron chi connectivity index (χ0n) is 16.5. The Bertz CT molecular complexity index is 970. The fraction of sp³-hybridized carbons (Fsp3) is 0.471. The number of rotatable bonds is 9. The number of nitrogens with zero attached hydrogens (tertiary/aromatic N) is 2. The van der Waals surface area contributed by atoms with Gasteiger partial charge in [0.25, 0.3) is 11.8 Å². The zero-order chi connectivity index (χ0) is 22.8. The van der Waals surface area contributed by atoms with Gasteiger partial charge in [-0.1, -0.05) is 0 Å². The Labute approximate surface area is 178 Å². The number of benzene rings is 1. The maximum atomic E-state index is 12.6. The second-order valence-corrected chi connectivity index (χ2v) is 8.28. The number of urea groups is 1. The second-order valence-electron chi connectivity index (χ2n) is 6.99. The summed E-state index contributed by atoms with van der Waals surface area (Å²) in [6, 6.07) is 4.72. The highest BCUT2D eigenvalue weighted by atomic mass is 32.2. The van der Waals surface area contributed by atoms with Gasteiger partial charge in [0.15, 0.2) is 0 Å². The minimum absolute atomic E-state index is 0.128. The average molecular weight is 456 g/mol. The van der Waals surface area contributed by atoms with E-state index in [4.69, 9.17) is 16.2 Å². The van der Waals surface area contributed by atoms with E-state index in [1.165, 1.54) is 4.90 Å². The van der Waals surface area contributed by atoms with E-state index >= 15 is 0 Å². The van der Waals surface area contributed by atoms with Gasteiger partial charge < -0.3 is 31.7 Å². The van der Waals surface area contributed by atoms with Crippen LogP contribution in [0.3, 0.4) is 0 Å². The van der Waals surface area contributed by atoms with E-state index in [2.05, 4.69) is 10.6 Å². The summed E-state index contributed by atoms with van der Waals surface area (Å²) in [6.45, 7) is 1.59. The van der Waals surface area contributed by atoms with Crippen LogP contribution in [0.25, 0.3) is 0 Å². The highest BCUT2D eigenvalue weighted by molar-refractivity contribution is 7.84. The molecule has 0 unspecified atom stereocenters. The lowest BCUT2D eigenvalue weighted by Crippen LogP contribution is -2.81. The lowest BCUT2D eigenvalue weighted by atomic mass is 9.81. The molecule has 2 heterocycles. The molecule has 7 N–H and O–H groups in total.